The van der Waals surface area contributed by atoms with E-state index >= 15 is 0 Å². The van der Waals surface area contributed by atoms with Crippen molar-refractivity contribution in [2.24, 2.45) is 0 Å². The molecule has 2 rings (SSSR count). The summed E-state index contributed by atoms with van der Waals surface area (Å²) in [5.41, 5.74) is 1.50. The Morgan fingerprint density at radius 1 is 1.50 bits per heavy atom. The number of hydrogen-bond donors (Lipinski definition) is 1. The number of nitrogens with one attached hydrogen (secondary N) is 1. The van der Waals surface area contributed by atoms with Gasteiger partial charge in [-0.2, -0.15) is 0 Å². The van der Waals surface area contributed by atoms with E-state index in [1.165, 1.54) is 11.3 Å². The highest BCUT2D eigenvalue weighted by molar-refractivity contribution is 9.11. The maximum absolute atomic E-state index is 12.1. The Bertz CT molecular complexity index is 583. The number of carbonyl (C=O) groups excluding carboxylic acids is 1. The van der Waals surface area contributed by atoms with Gasteiger partial charge in [-0.3, -0.25) is 10.1 Å². The standard InChI is InChI=1S/C12H11BrN2O2S/c1-7-3-4-9(17-2)8(5-7)11(16)15-12-14-6-10(13)18-12/h3-6H,1-2H3,(H,14,15,16). The third-order valence-electron chi connectivity index (χ3n) is 2.30. The first-order valence-corrected chi connectivity index (χ1v) is 6.78. The second-order valence-corrected chi connectivity index (χ2v) is 6.04. The van der Waals surface area contributed by atoms with Crippen LogP contribution >= 0.6 is 27.3 Å². The first-order chi connectivity index (χ1) is 8.60. The van der Waals surface area contributed by atoms with Crippen molar-refractivity contribution < 1.29 is 9.53 Å². The molecule has 1 N–H and O–H groups in total. The van der Waals surface area contributed by atoms with Gasteiger partial charge in [-0.1, -0.05) is 23.0 Å². The molecule has 0 spiro atoms. The lowest BCUT2D eigenvalue weighted by Gasteiger charge is -2.08. The Morgan fingerprint density at radius 2 is 2.28 bits per heavy atom. The van der Waals surface area contributed by atoms with Crippen LogP contribution in [0.4, 0.5) is 5.13 Å². The molecule has 0 aliphatic heterocycles. The molecule has 1 amide bonds. The molecule has 0 saturated carbocycles. The lowest BCUT2D eigenvalue weighted by Crippen LogP contribution is -2.13. The van der Waals surface area contributed by atoms with Crippen LogP contribution in [-0.2, 0) is 0 Å². The minimum Gasteiger partial charge on any atom is -0.496 e. The number of halogens is 1. The number of hydrogen-bond acceptors (Lipinski definition) is 4. The zero-order valence-electron chi connectivity index (χ0n) is 9.86. The zero-order valence-corrected chi connectivity index (χ0v) is 12.3. The van der Waals surface area contributed by atoms with Crippen LogP contribution in [0.3, 0.4) is 0 Å². The van der Waals surface area contributed by atoms with Crippen molar-refractivity contribution in [3.8, 4) is 5.75 Å². The number of nitrogens with zero attached hydrogens (tertiary/aromatic N) is 1. The Morgan fingerprint density at radius 3 is 2.89 bits per heavy atom. The summed E-state index contributed by atoms with van der Waals surface area (Å²) in [5.74, 6) is 0.325. The van der Waals surface area contributed by atoms with Gasteiger partial charge < -0.3 is 4.74 Å². The van der Waals surface area contributed by atoms with Gasteiger partial charge in [0.15, 0.2) is 5.13 Å². The molecule has 0 atom stereocenters. The predicted octanol–water partition coefficient (Wildman–Crippen LogP) is 3.47. The van der Waals surface area contributed by atoms with E-state index < -0.39 is 0 Å². The molecule has 0 bridgehead atoms. The quantitative estimate of drug-likeness (QED) is 0.939. The Balaban J connectivity index is 2.25. The van der Waals surface area contributed by atoms with Crippen LogP contribution in [-0.4, -0.2) is 18.0 Å². The first-order valence-electron chi connectivity index (χ1n) is 5.17. The summed E-state index contributed by atoms with van der Waals surface area (Å²) in [6.07, 6.45) is 1.65. The van der Waals surface area contributed by atoms with E-state index in [2.05, 4.69) is 26.2 Å². The normalized spacial score (nSPS) is 10.2. The number of aromatic nitrogens is 1. The highest BCUT2D eigenvalue weighted by Crippen LogP contribution is 2.25. The van der Waals surface area contributed by atoms with Crippen LogP contribution in [0.5, 0.6) is 5.75 Å². The highest BCUT2D eigenvalue weighted by atomic mass is 79.9. The van der Waals surface area contributed by atoms with Gasteiger partial charge >= 0.3 is 0 Å². The average molecular weight is 327 g/mol. The van der Waals surface area contributed by atoms with Crippen LogP contribution in [0.15, 0.2) is 28.2 Å². The summed E-state index contributed by atoms with van der Waals surface area (Å²) in [7, 11) is 1.54. The summed E-state index contributed by atoms with van der Waals surface area (Å²) >= 11 is 4.66. The first kappa shape index (κ1) is 13.0. The van der Waals surface area contributed by atoms with Gasteiger partial charge in [0, 0.05) is 0 Å². The molecule has 0 fully saturated rings. The zero-order chi connectivity index (χ0) is 13.1. The maximum Gasteiger partial charge on any atom is 0.261 e. The molecule has 0 saturated heterocycles. The van der Waals surface area contributed by atoms with Gasteiger partial charge in [-0.05, 0) is 35.0 Å². The van der Waals surface area contributed by atoms with Crippen molar-refractivity contribution in [1.82, 2.24) is 4.98 Å². The number of carbonyl (C=O) groups is 1. The Labute approximate surface area is 117 Å². The molecule has 0 aliphatic rings. The number of methoxy groups -OCH3 is 1. The topological polar surface area (TPSA) is 51.2 Å². The van der Waals surface area contributed by atoms with E-state index in [0.717, 1.165) is 9.35 Å². The summed E-state index contributed by atoms with van der Waals surface area (Å²) in [4.78, 5) is 16.2. The number of rotatable bonds is 3. The van der Waals surface area contributed by atoms with Crippen LogP contribution in [0.1, 0.15) is 15.9 Å². The molecule has 0 aliphatic carbocycles. The second kappa shape index (κ2) is 5.49. The van der Waals surface area contributed by atoms with Gasteiger partial charge in [0.25, 0.3) is 5.91 Å². The maximum atomic E-state index is 12.1. The Kier molecular flexibility index (Phi) is 3.98. The van der Waals surface area contributed by atoms with Crippen molar-refractivity contribution in [1.29, 1.82) is 0 Å². The smallest absolute Gasteiger partial charge is 0.261 e. The average Bonchev–Trinajstić information content (AvgIpc) is 2.74. The molecule has 94 valence electrons. The molecule has 2 aromatic rings. The molecule has 6 heteroatoms. The fraction of sp³-hybridized carbons (Fsp3) is 0.167. The third kappa shape index (κ3) is 2.88. The third-order valence-corrected chi connectivity index (χ3v) is 3.69. The highest BCUT2D eigenvalue weighted by Gasteiger charge is 2.14. The van der Waals surface area contributed by atoms with Crippen molar-refractivity contribution in [2.75, 3.05) is 12.4 Å². The van der Waals surface area contributed by atoms with Crippen molar-refractivity contribution in [3.63, 3.8) is 0 Å². The number of anilines is 1. The molecule has 4 nitrogen and oxygen atoms in total. The summed E-state index contributed by atoms with van der Waals surface area (Å²) in [6.45, 7) is 1.93. The van der Waals surface area contributed by atoms with Crippen molar-refractivity contribution >= 4 is 38.3 Å². The number of ether oxygens (including phenoxy) is 1. The second-order valence-electron chi connectivity index (χ2n) is 3.63. The molecule has 1 heterocycles. The molecular weight excluding hydrogens is 316 g/mol. The minimum absolute atomic E-state index is 0.225. The van der Waals surface area contributed by atoms with E-state index in [1.807, 2.05) is 13.0 Å². The molecular formula is C12H11BrN2O2S. The molecule has 18 heavy (non-hydrogen) atoms. The summed E-state index contributed by atoms with van der Waals surface area (Å²) < 4.78 is 6.05. The number of amides is 1. The largest absolute Gasteiger partial charge is 0.496 e. The summed E-state index contributed by atoms with van der Waals surface area (Å²) in [6, 6.07) is 5.47. The van der Waals surface area contributed by atoms with Gasteiger partial charge in [0.1, 0.15) is 5.75 Å². The van der Waals surface area contributed by atoms with Crippen molar-refractivity contribution in [2.45, 2.75) is 6.92 Å². The van der Waals surface area contributed by atoms with Crippen LogP contribution in [0, 0.1) is 6.92 Å². The van der Waals surface area contributed by atoms with Gasteiger partial charge in [-0.25, -0.2) is 4.98 Å². The fourth-order valence-corrected chi connectivity index (χ4v) is 2.58. The lowest BCUT2D eigenvalue weighted by molar-refractivity contribution is 0.102. The molecule has 1 aromatic heterocycles. The van der Waals surface area contributed by atoms with E-state index in [9.17, 15) is 4.79 Å². The van der Waals surface area contributed by atoms with Gasteiger partial charge in [0.05, 0.1) is 22.7 Å². The lowest BCUT2D eigenvalue weighted by atomic mass is 10.1. The fourth-order valence-electron chi connectivity index (χ4n) is 1.48. The Hall–Kier alpha value is -1.40. The minimum atomic E-state index is -0.225. The van der Waals surface area contributed by atoms with Gasteiger partial charge in [-0.15, -0.1) is 0 Å². The van der Waals surface area contributed by atoms with Crippen molar-refractivity contribution in [3.05, 3.63) is 39.3 Å². The van der Waals surface area contributed by atoms with Crippen LogP contribution in [0.2, 0.25) is 0 Å². The van der Waals surface area contributed by atoms with E-state index in [1.54, 1.807) is 25.4 Å². The van der Waals surface area contributed by atoms with E-state index in [-0.39, 0.29) is 5.91 Å². The summed E-state index contributed by atoms with van der Waals surface area (Å²) in [5, 5.41) is 3.29. The van der Waals surface area contributed by atoms with E-state index in [0.29, 0.717) is 16.4 Å². The number of thiazole rings is 1. The molecule has 0 radical (unpaired) electrons. The predicted molar refractivity (Wildman–Crippen MR) is 75.5 cm³/mol. The van der Waals surface area contributed by atoms with Crippen LogP contribution in [0.25, 0.3) is 0 Å². The SMILES string of the molecule is COc1ccc(C)cc1C(=O)Nc1ncc(Br)s1. The van der Waals surface area contributed by atoms with Gasteiger partial charge in [0.2, 0.25) is 0 Å². The van der Waals surface area contributed by atoms with Crippen LogP contribution < -0.4 is 10.1 Å². The molecule has 1 aromatic carbocycles. The number of benzene rings is 1. The van der Waals surface area contributed by atoms with E-state index in [4.69, 9.17) is 4.74 Å². The number of aryl methyl sites for hydroxylation is 1. The monoisotopic (exact) mass is 326 g/mol. The molecule has 0 unspecified atom stereocenters.